The number of rotatable bonds is 50. The van der Waals surface area contributed by atoms with Crippen molar-refractivity contribution in [2.75, 3.05) is 13.2 Å². The maximum absolute atomic E-state index is 12.8. The van der Waals surface area contributed by atoms with Crippen LogP contribution in [0.1, 0.15) is 278 Å². The first-order valence-corrected chi connectivity index (χ1v) is 27.8. The maximum atomic E-state index is 12.8. The fraction of sp³-hybridized carbons (Fsp3) is 0.780. The van der Waals surface area contributed by atoms with Gasteiger partial charge in [0.25, 0.3) is 0 Å². The molecular weight excluding hydrogens is 805 g/mol. The highest BCUT2D eigenvalue weighted by Gasteiger charge is 2.19. The van der Waals surface area contributed by atoms with E-state index in [1.165, 1.54) is 161 Å². The van der Waals surface area contributed by atoms with E-state index in [1.807, 2.05) is 0 Å². The van der Waals surface area contributed by atoms with Gasteiger partial charge in [0.05, 0.1) is 0 Å². The second-order valence-electron chi connectivity index (χ2n) is 18.5. The van der Waals surface area contributed by atoms with Crippen LogP contribution < -0.4 is 0 Å². The van der Waals surface area contributed by atoms with Crippen molar-refractivity contribution in [3.63, 3.8) is 0 Å². The highest BCUT2D eigenvalue weighted by Crippen LogP contribution is 2.15. The lowest BCUT2D eigenvalue weighted by molar-refractivity contribution is -0.167. The van der Waals surface area contributed by atoms with Crippen LogP contribution in [0.2, 0.25) is 0 Å². The number of carbonyl (C=O) groups is 3. The van der Waals surface area contributed by atoms with E-state index < -0.39 is 6.10 Å². The predicted molar refractivity (Wildman–Crippen MR) is 279 cm³/mol. The molecule has 0 radical (unpaired) electrons. The molecular formula is C59H104O6. The Labute approximate surface area is 402 Å². The summed E-state index contributed by atoms with van der Waals surface area (Å²) in [4.78, 5) is 38.0. The van der Waals surface area contributed by atoms with Gasteiger partial charge in [-0.05, 0) is 83.5 Å². The molecule has 0 saturated carbocycles. The van der Waals surface area contributed by atoms with Crippen LogP contribution in [0.25, 0.3) is 0 Å². The van der Waals surface area contributed by atoms with Crippen molar-refractivity contribution in [2.45, 2.75) is 284 Å². The Bertz CT molecular complexity index is 1180. The number of hydrogen-bond acceptors (Lipinski definition) is 6. The minimum atomic E-state index is -0.795. The van der Waals surface area contributed by atoms with Crippen LogP contribution >= 0.6 is 0 Å². The van der Waals surface area contributed by atoms with E-state index in [0.29, 0.717) is 19.3 Å². The summed E-state index contributed by atoms with van der Waals surface area (Å²) in [5, 5.41) is 0. The lowest BCUT2D eigenvalue weighted by atomic mass is 10.0. The van der Waals surface area contributed by atoms with Crippen LogP contribution in [-0.4, -0.2) is 37.2 Å². The Hall–Kier alpha value is -2.89. The van der Waals surface area contributed by atoms with Crippen LogP contribution in [0.15, 0.2) is 60.8 Å². The van der Waals surface area contributed by atoms with E-state index in [9.17, 15) is 14.4 Å². The van der Waals surface area contributed by atoms with Crippen molar-refractivity contribution < 1.29 is 28.6 Å². The average Bonchev–Trinajstić information content (AvgIpc) is 3.30. The molecule has 0 aromatic rings. The van der Waals surface area contributed by atoms with Crippen LogP contribution in [-0.2, 0) is 28.6 Å². The van der Waals surface area contributed by atoms with Gasteiger partial charge >= 0.3 is 17.9 Å². The summed E-state index contributed by atoms with van der Waals surface area (Å²) in [6.07, 6.45) is 66.4. The molecule has 0 bridgehead atoms. The van der Waals surface area contributed by atoms with E-state index in [-0.39, 0.29) is 37.5 Å². The summed E-state index contributed by atoms with van der Waals surface area (Å²) in [6.45, 7) is 6.57. The van der Waals surface area contributed by atoms with Gasteiger partial charge in [-0.25, -0.2) is 0 Å². The van der Waals surface area contributed by atoms with Gasteiger partial charge in [0.2, 0.25) is 0 Å². The van der Waals surface area contributed by atoms with Crippen molar-refractivity contribution >= 4 is 17.9 Å². The summed E-state index contributed by atoms with van der Waals surface area (Å²) < 4.78 is 16.8. The number of carbonyl (C=O) groups excluding carboxylic acids is 3. The molecule has 6 heteroatoms. The number of allylic oxidation sites excluding steroid dienone is 10. The fourth-order valence-corrected chi connectivity index (χ4v) is 7.78. The molecule has 0 aliphatic heterocycles. The summed E-state index contributed by atoms with van der Waals surface area (Å²) in [6, 6.07) is 0. The zero-order valence-electron chi connectivity index (χ0n) is 43.0. The molecule has 0 fully saturated rings. The van der Waals surface area contributed by atoms with E-state index in [0.717, 1.165) is 70.6 Å². The maximum Gasteiger partial charge on any atom is 0.306 e. The molecule has 0 rings (SSSR count). The lowest BCUT2D eigenvalue weighted by Gasteiger charge is -2.18. The van der Waals surface area contributed by atoms with Gasteiger partial charge in [0.15, 0.2) is 6.10 Å². The SMILES string of the molecule is CCCCC/C=C\C/C=C\CCCCCCCCCC(=O)OC[C@H](COC(=O)CCC/C=C\C/C=C\C/C=C\CCCCCCCC)OC(=O)CCCCCCCCCCCCCCC. The predicted octanol–water partition coefficient (Wildman–Crippen LogP) is 18.4. The molecule has 0 N–H and O–H groups in total. The molecule has 0 amide bonds. The Kier molecular flexibility index (Phi) is 51.3. The molecule has 0 aliphatic rings. The van der Waals surface area contributed by atoms with Crippen molar-refractivity contribution in [1.82, 2.24) is 0 Å². The monoisotopic (exact) mass is 909 g/mol. The summed E-state index contributed by atoms with van der Waals surface area (Å²) in [5.41, 5.74) is 0. The van der Waals surface area contributed by atoms with E-state index in [4.69, 9.17) is 14.2 Å². The topological polar surface area (TPSA) is 78.9 Å². The average molecular weight is 909 g/mol. The van der Waals surface area contributed by atoms with Gasteiger partial charge in [-0.15, -0.1) is 0 Å². The molecule has 6 nitrogen and oxygen atoms in total. The Morgan fingerprint density at radius 2 is 0.569 bits per heavy atom. The van der Waals surface area contributed by atoms with Crippen LogP contribution in [0.3, 0.4) is 0 Å². The molecule has 0 heterocycles. The zero-order valence-corrected chi connectivity index (χ0v) is 43.0. The van der Waals surface area contributed by atoms with Gasteiger partial charge in [-0.2, -0.15) is 0 Å². The number of esters is 3. The van der Waals surface area contributed by atoms with Crippen molar-refractivity contribution in [2.24, 2.45) is 0 Å². The van der Waals surface area contributed by atoms with Gasteiger partial charge in [0.1, 0.15) is 13.2 Å². The first kappa shape index (κ1) is 62.1. The largest absolute Gasteiger partial charge is 0.462 e. The number of ether oxygens (including phenoxy) is 3. The minimum absolute atomic E-state index is 0.0919. The van der Waals surface area contributed by atoms with Gasteiger partial charge in [0, 0.05) is 19.3 Å². The molecule has 0 aromatic heterocycles. The molecule has 0 aliphatic carbocycles. The van der Waals surface area contributed by atoms with Gasteiger partial charge in [-0.3, -0.25) is 14.4 Å². The zero-order chi connectivity index (χ0) is 47.2. The second kappa shape index (κ2) is 53.7. The molecule has 0 spiro atoms. The minimum Gasteiger partial charge on any atom is -0.462 e. The standard InChI is InChI=1S/C59H104O6/c1-4-7-10-13-16-19-22-25-27-29-31-34-36-39-42-45-48-51-57(60)63-54-56(65-59(62)53-50-47-44-41-38-33-24-21-18-15-12-9-6-3)55-64-58(61)52-49-46-43-40-37-35-32-30-28-26-23-20-17-14-11-8-5-2/h16,19,25-28,32,35,40,43,56H,4-15,17-18,20-24,29-31,33-34,36-39,41-42,44-55H2,1-3H3/b19-16-,27-25-,28-26-,35-32-,43-40-/t56-/m1/s1. The Balaban J connectivity index is 4.43. The van der Waals surface area contributed by atoms with Crippen LogP contribution in [0.4, 0.5) is 0 Å². The van der Waals surface area contributed by atoms with Crippen molar-refractivity contribution in [3.8, 4) is 0 Å². The molecule has 65 heavy (non-hydrogen) atoms. The third-order valence-electron chi connectivity index (χ3n) is 12.0. The smallest absolute Gasteiger partial charge is 0.306 e. The summed E-state index contributed by atoms with van der Waals surface area (Å²) in [7, 11) is 0. The van der Waals surface area contributed by atoms with Gasteiger partial charge < -0.3 is 14.2 Å². The molecule has 0 aromatic carbocycles. The second-order valence-corrected chi connectivity index (χ2v) is 18.5. The number of unbranched alkanes of at least 4 members (excludes halogenated alkanes) is 29. The third kappa shape index (κ3) is 51.9. The van der Waals surface area contributed by atoms with Crippen LogP contribution in [0.5, 0.6) is 0 Å². The summed E-state index contributed by atoms with van der Waals surface area (Å²) >= 11 is 0. The normalized spacial score (nSPS) is 12.5. The fourth-order valence-electron chi connectivity index (χ4n) is 7.78. The molecule has 1 atom stereocenters. The van der Waals surface area contributed by atoms with Gasteiger partial charge in [-0.1, -0.05) is 236 Å². The van der Waals surface area contributed by atoms with Crippen molar-refractivity contribution in [3.05, 3.63) is 60.8 Å². The number of hydrogen-bond donors (Lipinski definition) is 0. The molecule has 0 saturated heterocycles. The molecule has 0 unspecified atom stereocenters. The van der Waals surface area contributed by atoms with Crippen molar-refractivity contribution in [1.29, 1.82) is 0 Å². The highest BCUT2D eigenvalue weighted by atomic mass is 16.6. The lowest BCUT2D eigenvalue weighted by Crippen LogP contribution is -2.30. The highest BCUT2D eigenvalue weighted by molar-refractivity contribution is 5.71. The Morgan fingerprint density at radius 1 is 0.308 bits per heavy atom. The quantitative estimate of drug-likeness (QED) is 0.0262. The summed E-state index contributed by atoms with van der Waals surface area (Å²) in [5.74, 6) is -0.944. The first-order valence-electron chi connectivity index (χ1n) is 27.8. The van der Waals surface area contributed by atoms with E-state index in [2.05, 4.69) is 81.5 Å². The Morgan fingerprint density at radius 3 is 0.954 bits per heavy atom. The van der Waals surface area contributed by atoms with E-state index >= 15 is 0 Å². The first-order chi connectivity index (χ1) is 32.0. The van der Waals surface area contributed by atoms with E-state index in [1.54, 1.807) is 0 Å². The van der Waals surface area contributed by atoms with Crippen LogP contribution in [0, 0.1) is 0 Å². The third-order valence-corrected chi connectivity index (χ3v) is 12.0. The molecule has 376 valence electrons.